The van der Waals surface area contributed by atoms with Crippen LogP contribution < -0.4 is 0 Å². The maximum absolute atomic E-state index is 11.3. The van der Waals surface area contributed by atoms with E-state index < -0.39 is 0 Å². The number of pyridine rings is 1. The van der Waals surface area contributed by atoms with E-state index in [0.717, 1.165) is 11.4 Å². The molecule has 2 heterocycles. The first-order valence-corrected chi connectivity index (χ1v) is 6.10. The Balaban J connectivity index is 2.41. The lowest BCUT2D eigenvalue weighted by Crippen LogP contribution is -2.18. The third-order valence-electron chi connectivity index (χ3n) is 2.45. The number of ketones is 1. The number of carbonyl (C=O) groups excluding carboxylic acids is 1. The van der Waals surface area contributed by atoms with Gasteiger partial charge in [0, 0.05) is 16.0 Å². The Labute approximate surface area is 94.5 Å². The van der Waals surface area contributed by atoms with Crippen LogP contribution in [0.15, 0.2) is 17.0 Å². The predicted molar refractivity (Wildman–Crippen MR) is 62.4 cm³/mol. The Morgan fingerprint density at radius 2 is 2.07 bits per heavy atom. The normalized spacial score (nSPS) is 16.3. The van der Waals surface area contributed by atoms with Gasteiger partial charge in [-0.2, -0.15) is 0 Å². The summed E-state index contributed by atoms with van der Waals surface area (Å²) in [6.45, 7) is 6.42. The maximum Gasteiger partial charge on any atom is 0.149 e. The highest BCUT2D eigenvalue weighted by Crippen LogP contribution is 2.30. The van der Waals surface area contributed by atoms with E-state index in [1.165, 1.54) is 4.90 Å². The van der Waals surface area contributed by atoms with E-state index in [0.29, 0.717) is 12.2 Å². The summed E-state index contributed by atoms with van der Waals surface area (Å²) in [6.07, 6.45) is 0.506. The van der Waals surface area contributed by atoms with Crippen molar-refractivity contribution < 1.29 is 4.79 Å². The summed E-state index contributed by atoms with van der Waals surface area (Å²) in [5.74, 6) is 0.884. The molecule has 3 heteroatoms. The molecule has 0 saturated carbocycles. The summed E-state index contributed by atoms with van der Waals surface area (Å²) in [5, 5.41) is 0. The second kappa shape index (κ2) is 3.63. The van der Waals surface area contributed by atoms with E-state index in [-0.39, 0.29) is 11.2 Å². The Hall–Kier alpha value is -0.830. The zero-order valence-electron chi connectivity index (χ0n) is 9.33. The van der Waals surface area contributed by atoms with Gasteiger partial charge in [0.15, 0.2) is 0 Å². The number of carbonyl (C=O) groups is 1. The summed E-state index contributed by atoms with van der Waals surface area (Å²) in [4.78, 5) is 17.1. The summed E-state index contributed by atoms with van der Waals surface area (Å²) in [7, 11) is 0. The molecule has 1 aliphatic rings. The summed E-state index contributed by atoms with van der Waals surface area (Å²) >= 11 is 1.60. The van der Waals surface area contributed by atoms with E-state index >= 15 is 0 Å². The summed E-state index contributed by atoms with van der Waals surface area (Å²) < 4.78 is 0. The largest absolute Gasteiger partial charge is 0.298 e. The molecule has 0 spiro atoms. The molecule has 0 aromatic carbocycles. The van der Waals surface area contributed by atoms with E-state index in [1.807, 2.05) is 0 Å². The van der Waals surface area contributed by atoms with Crippen LogP contribution in [0.4, 0.5) is 0 Å². The van der Waals surface area contributed by atoms with Crippen molar-refractivity contribution in [2.24, 2.45) is 0 Å². The number of rotatable bonds is 0. The van der Waals surface area contributed by atoms with Gasteiger partial charge in [-0.25, -0.2) is 0 Å². The van der Waals surface area contributed by atoms with Crippen molar-refractivity contribution in [1.29, 1.82) is 0 Å². The van der Waals surface area contributed by atoms with Gasteiger partial charge in [0.25, 0.3) is 0 Å². The topological polar surface area (TPSA) is 30.0 Å². The molecule has 1 aromatic heterocycles. The average molecular weight is 221 g/mol. The molecule has 0 radical (unpaired) electrons. The van der Waals surface area contributed by atoms with Crippen molar-refractivity contribution in [3.63, 3.8) is 0 Å². The molecule has 0 amide bonds. The number of Topliss-reactive ketones (excluding diaryl/α,β-unsaturated/α-hetero) is 1. The van der Waals surface area contributed by atoms with Crippen molar-refractivity contribution in [1.82, 2.24) is 4.98 Å². The molecule has 0 saturated heterocycles. The molecule has 0 unspecified atom stereocenters. The van der Waals surface area contributed by atoms with Gasteiger partial charge in [-0.05, 0) is 12.1 Å². The second-order valence-electron chi connectivity index (χ2n) is 4.90. The Bertz CT molecular complexity index is 407. The highest BCUT2D eigenvalue weighted by Gasteiger charge is 2.21. The Morgan fingerprint density at radius 1 is 1.33 bits per heavy atom. The molecule has 80 valence electrons. The first kappa shape index (κ1) is 10.7. The van der Waals surface area contributed by atoms with Crippen LogP contribution in [0.25, 0.3) is 0 Å². The monoisotopic (exact) mass is 221 g/mol. The van der Waals surface area contributed by atoms with Gasteiger partial charge in [0.05, 0.1) is 17.9 Å². The van der Waals surface area contributed by atoms with Crippen molar-refractivity contribution in [3.05, 3.63) is 23.5 Å². The Morgan fingerprint density at radius 3 is 2.73 bits per heavy atom. The number of nitrogens with zero attached hydrogens (tertiary/aromatic N) is 1. The Kier molecular flexibility index (Phi) is 2.59. The molecular formula is C12H15NOS. The van der Waals surface area contributed by atoms with E-state index in [2.05, 4.69) is 37.9 Å². The van der Waals surface area contributed by atoms with Crippen molar-refractivity contribution in [2.45, 2.75) is 37.5 Å². The minimum absolute atomic E-state index is 0.0557. The van der Waals surface area contributed by atoms with Gasteiger partial charge < -0.3 is 0 Å². The van der Waals surface area contributed by atoms with Crippen molar-refractivity contribution >= 4 is 17.5 Å². The highest BCUT2D eigenvalue weighted by atomic mass is 32.2. The van der Waals surface area contributed by atoms with Crippen LogP contribution in [0.1, 0.15) is 32.2 Å². The number of aromatic nitrogens is 1. The SMILES string of the molecule is CC(C)(C)c1ccc2c(n1)CC(=O)CS2. The predicted octanol–water partition coefficient (Wildman–Crippen LogP) is 2.60. The maximum atomic E-state index is 11.3. The molecule has 0 bridgehead atoms. The lowest BCUT2D eigenvalue weighted by atomic mass is 9.91. The fraction of sp³-hybridized carbons (Fsp3) is 0.500. The minimum atomic E-state index is 0.0557. The highest BCUT2D eigenvalue weighted by molar-refractivity contribution is 8.00. The van der Waals surface area contributed by atoms with Gasteiger partial charge in [0.2, 0.25) is 0 Å². The zero-order chi connectivity index (χ0) is 11.1. The summed E-state index contributed by atoms with van der Waals surface area (Å²) in [5.41, 5.74) is 2.08. The van der Waals surface area contributed by atoms with Crippen LogP contribution in [-0.4, -0.2) is 16.5 Å². The lowest BCUT2D eigenvalue weighted by Gasteiger charge is -2.21. The molecular weight excluding hydrogens is 206 g/mol. The number of fused-ring (bicyclic) bond motifs is 1. The fourth-order valence-electron chi connectivity index (χ4n) is 1.56. The molecule has 0 aliphatic carbocycles. The first-order chi connectivity index (χ1) is 6.97. The van der Waals surface area contributed by atoms with Gasteiger partial charge in [-0.3, -0.25) is 9.78 Å². The third-order valence-corrected chi connectivity index (χ3v) is 3.60. The zero-order valence-corrected chi connectivity index (χ0v) is 10.1. The molecule has 15 heavy (non-hydrogen) atoms. The smallest absolute Gasteiger partial charge is 0.149 e. The van der Waals surface area contributed by atoms with Crippen LogP contribution in [-0.2, 0) is 16.6 Å². The lowest BCUT2D eigenvalue weighted by molar-refractivity contribution is -0.116. The average Bonchev–Trinajstić information content (AvgIpc) is 2.15. The molecule has 2 nitrogen and oxygen atoms in total. The van der Waals surface area contributed by atoms with Gasteiger partial charge in [0.1, 0.15) is 5.78 Å². The van der Waals surface area contributed by atoms with Crippen LogP contribution >= 0.6 is 11.8 Å². The molecule has 0 N–H and O–H groups in total. The molecule has 0 fully saturated rings. The van der Waals surface area contributed by atoms with Crippen molar-refractivity contribution in [3.8, 4) is 0 Å². The molecule has 1 aliphatic heterocycles. The van der Waals surface area contributed by atoms with Gasteiger partial charge in [-0.1, -0.05) is 20.8 Å². The number of hydrogen-bond donors (Lipinski definition) is 0. The van der Waals surface area contributed by atoms with Gasteiger partial charge in [-0.15, -0.1) is 11.8 Å². The van der Waals surface area contributed by atoms with Crippen LogP contribution in [0.3, 0.4) is 0 Å². The first-order valence-electron chi connectivity index (χ1n) is 5.12. The molecule has 2 rings (SSSR count). The fourth-order valence-corrected chi connectivity index (χ4v) is 2.43. The van der Waals surface area contributed by atoms with Gasteiger partial charge >= 0.3 is 0 Å². The van der Waals surface area contributed by atoms with E-state index in [4.69, 9.17) is 0 Å². The van der Waals surface area contributed by atoms with Crippen LogP contribution in [0.2, 0.25) is 0 Å². The standard InChI is InChI=1S/C12H15NOS/c1-12(2,3)11-5-4-10-9(13-11)6-8(14)7-15-10/h4-5H,6-7H2,1-3H3. The summed E-state index contributed by atoms with van der Waals surface area (Å²) in [6, 6.07) is 4.17. The van der Waals surface area contributed by atoms with Crippen LogP contribution in [0.5, 0.6) is 0 Å². The van der Waals surface area contributed by atoms with Crippen LogP contribution in [0, 0.1) is 0 Å². The van der Waals surface area contributed by atoms with Crippen molar-refractivity contribution in [2.75, 3.05) is 5.75 Å². The third kappa shape index (κ3) is 2.23. The van der Waals surface area contributed by atoms with E-state index in [9.17, 15) is 4.79 Å². The van der Waals surface area contributed by atoms with E-state index in [1.54, 1.807) is 11.8 Å². The number of thioether (sulfide) groups is 1. The minimum Gasteiger partial charge on any atom is -0.298 e. The quantitative estimate of drug-likeness (QED) is 0.674. The number of hydrogen-bond acceptors (Lipinski definition) is 3. The molecule has 0 atom stereocenters. The second-order valence-corrected chi connectivity index (χ2v) is 5.91. The molecule has 1 aromatic rings.